The van der Waals surface area contributed by atoms with Crippen molar-refractivity contribution < 1.29 is 14.3 Å². The molecular weight excluding hydrogens is 408 g/mol. The second kappa shape index (κ2) is 10.6. The number of hydrogen-bond donors (Lipinski definition) is 1. The predicted molar refractivity (Wildman–Crippen MR) is 116 cm³/mol. The molecule has 3 rings (SSSR count). The lowest BCUT2D eigenvalue weighted by Crippen LogP contribution is -2.47. The zero-order valence-electron chi connectivity index (χ0n) is 16.6. The Morgan fingerprint density at radius 2 is 1.93 bits per heavy atom. The van der Waals surface area contributed by atoms with E-state index in [9.17, 15) is 9.59 Å². The molecule has 1 aliphatic carbocycles. The third-order valence-electron chi connectivity index (χ3n) is 5.28. The highest BCUT2D eigenvalue weighted by atomic mass is 35.5. The average Bonchev–Trinajstić information content (AvgIpc) is 3.27. The first kappa shape index (κ1) is 21.7. The third-order valence-corrected chi connectivity index (χ3v) is 6.37. The molecular formula is C22H27ClN2O3S. The van der Waals surface area contributed by atoms with Gasteiger partial charge in [0.1, 0.15) is 17.7 Å². The number of nitrogens with one attached hydrogen (secondary N) is 1. The van der Waals surface area contributed by atoms with Crippen LogP contribution in [0.1, 0.15) is 48.6 Å². The molecule has 1 N–H and O–H groups in total. The molecule has 2 amide bonds. The molecule has 1 aromatic carbocycles. The number of amides is 2. The van der Waals surface area contributed by atoms with E-state index in [0.29, 0.717) is 12.3 Å². The number of alkyl halides is 1. The van der Waals surface area contributed by atoms with E-state index in [1.165, 1.54) is 6.42 Å². The Hall–Kier alpha value is -2.05. The summed E-state index contributed by atoms with van der Waals surface area (Å²) in [6.07, 6.45) is 5.42. The van der Waals surface area contributed by atoms with Crippen LogP contribution in [0.2, 0.25) is 0 Å². The van der Waals surface area contributed by atoms with Crippen molar-refractivity contribution in [1.82, 2.24) is 10.2 Å². The van der Waals surface area contributed by atoms with E-state index < -0.39 is 6.04 Å². The van der Waals surface area contributed by atoms with Crippen LogP contribution in [0.5, 0.6) is 5.75 Å². The van der Waals surface area contributed by atoms with Gasteiger partial charge in [0.25, 0.3) is 0 Å². The predicted octanol–water partition coefficient (Wildman–Crippen LogP) is 4.51. The zero-order valence-corrected chi connectivity index (χ0v) is 18.2. The molecule has 29 heavy (non-hydrogen) atoms. The molecule has 0 bridgehead atoms. The van der Waals surface area contributed by atoms with Crippen molar-refractivity contribution in [3.8, 4) is 5.75 Å². The van der Waals surface area contributed by atoms with Crippen LogP contribution in [0.25, 0.3) is 0 Å². The number of hydrogen-bond acceptors (Lipinski definition) is 4. The van der Waals surface area contributed by atoms with Gasteiger partial charge in [0.05, 0.1) is 13.7 Å². The number of carbonyl (C=O) groups is 2. The van der Waals surface area contributed by atoms with Gasteiger partial charge in [-0.2, -0.15) is 0 Å². The molecule has 1 aliphatic rings. The fourth-order valence-electron chi connectivity index (χ4n) is 3.76. The largest absolute Gasteiger partial charge is 0.497 e. The van der Waals surface area contributed by atoms with Crippen molar-refractivity contribution in [1.29, 1.82) is 0 Å². The fraction of sp³-hybridized carbons (Fsp3) is 0.455. The lowest BCUT2D eigenvalue weighted by molar-refractivity contribution is -0.140. The Kier molecular flexibility index (Phi) is 7.95. The maximum absolute atomic E-state index is 13.4. The van der Waals surface area contributed by atoms with Crippen LogP contribution >= 0.6 is 22.9 Å². The van der Waals surface area contributed by atoms with Gasteiger partial charge in [0, 0.05) is 10.9 Å². The molecule has 0 unspecified atom stereocenters. The van der Waals surface area contributed by atoms with Crippen LogP contribution in [-0.2, 0) is 16.1 Å². The van der Waals surface area contributed by atoms with Crippen LogP contribution in [0.3, 0.4) is 0 Å². The molecule has 1 atom stereocenters. The Bertz CT molecular complexity index is 789. The van der Waals surface area contributed by atoms with Crippen LogP contribution in [0.15, 0.2) is 41.8 Å². The SMILES string of the molecule is COc1ccc([C@H](C(=O)NC2CCCCC2)N(Cc2cccs2)C(=O)CCl)cc1. The topological polar surface area (TPSA) is 58.6 Å². The summed E-state index contributed by atoms with van der Waals surface area (Å²) in [5.41, 5.74) is 0.745. The van der Waals surface area contributed by atoms with Crippen LogP contribution in [-0.4, -0.2) is 35.7 Å². The summed E-state index contributed by atoms with van der Waals surface area (Å²) < 4.78 is 5.24. The normalized spacial score (nSPS) is 15.5. The van der Waals surface area contributed by atoms with Crippen LogP contribution < -0.4 is 10.1 Å². The highest BCUT2D eigenvalue weighted by Crippen LogP contribution is 2.28. The third kappa shape index (κ3) is 5.73. The van der Waals surface area contributed by atoms with E-state index in [2.05, 4.69) is 5.32 Å². The Morgan fingerprint density at radius 1 is 1.21 bits per heavy atom. The van der Waals surface area contributed by atoms with Crippen molar-refractivity contribution in [2.75, 3.05) is 13.0 Å². The summed E-state index contributed by atoms with van der Waals surface area (Å²) >= 11 is 7.48. The quantitative estimate of drug-likeness (QED) is 0.621. The van der Waals surface area contributed by atoms with Gasteiger partial charge in [-0.25, -0.2) is 0 Å². The number of halogens is 1. The Morgan fingerprint density at radius 3 is 2.52 bits per heavy atom. The summed E-state index contributed by atoms with van der Waals surface area (Å²) in [5.74, 6) is 0.111. The van der Waals surface area contributed by atoms with Crippen LogP contribution in [0, 0.1) is 0 Å². The number of rotatable bonds is 8. The van der Waals surface area contributed by atoms with E-state index in [0.717, 1.165) is 36.1 Å². The van der Waals surface area contributed by atoms with Gasteiger partial charge < -0.3 is 15.0 Å². The minimum absolute atomic E-state index is 0.155. The molecule has 1 fully saturated rings. The number of nitrogens with zero attached hydrogens (tertiary/aromatic N) is 1. The molecule has 156 valence electrons. The van der Waals surface area contributed by atoms with E-state index >= 15 is 0 Å². The van der Waals surface area contributed by atoms with Gasteiger partial charge in [0.15, 0.2) is 0 Å². The summed E-state index contributed by atoms with van der Waals surface area (Å²) in [6.45, 7) is 0.345. The molecule has 0 saturated heterocycles. The molecule has 1 heterocycles. The maximum Gasteiger partial charge on any atom is 0.247 e. The van der Waals surface area contributed by atoms with Crippen molar-refractivity contribution >= 4 is 34.8 Å². The maximum atomic E-state index is 13.4. The number of benzene rings is 1. The second-order valence-corrected chi connectivity index (χ2v) is 8.55. The van der Waals surface area contributed by atoms with E-state index in [1.807, 2.05) is 41.8 Å². The first-order valence-electron chi connectivity index (χ1n) is 9.94. The van der Waals surface area contributed by atoms with E-state index in [4.69, 9.17) is 16.3 Å². The van der Waals surface area contributed by atoms with Gasteiger partial charge in [-0.1, -0.05) is 37.5 Å². The molecule has 0 spiro atoms. The van der Waals surface area contributed by atoms with Gasteiger partial charge in [0.2, 0.25) is 11.8 Å². The van der Waals surface area contributed by atoms with Crippen molar-refractivity contribution in [3.63, 3.8) is 0 Å². The van der Waals surface area contributed by atoms with Gasteiger partial charge >= 0.3 is 0 Å². The Balaban J connectivity index is 1.91. The molecule has 2 aromatic rings. The van der Waals surface area contributed by atoms with Gasteiger partial charge in [-0.05, 0) is 42.0 Å². The number of ether oxygens (including phenoxy) is 1. The minimum Gasteiger partial charge on any atom is -0.497 e. The molecule has 1 aromatic heterocycles. The summed E-state index contributed by atoms with van der Waals surface area (Å²) in [4.78, 5) is 28.7. The lowest BCUT2D eigenvalue weighted by Gasteiger charge is -2.33. The van der Waals surface area contributed by atoms with Crippen LogP contribution in [0.4, 0.5) is 0 Å². The first-order valence-corrected chi connectivity index (χ1v) is 11.4. The molecule has 0 radical (unpaired) electrons. The van der Waals surface area contributed by atoms with Gasteiger partial charge in [-0.15, -0.1) is 22.9 Å². The smallest absolute Gasteiger partial charge is 0.247 e. The van der Waals surface area contributed by atoms with E-state index in [-0.39, 0.29) is 23.7 Å². The van der Waals surface area contributed by atoms with Crippen molar-refractivity contribution in [2.24, 2.45) is 0 Å². The van der Waals surface area contributed by atoms with Gasteiger partial charge in [-0.3, -0.25) is 9.59 Å². The average molecular weight is 435 g/mol. The monoisotopic (exact) mass is 434 g/mol. The molecule has 1 saturated carbocycles. The number of carbonyl (C=O) groups excluding carboxylic acids is 2. The van der Waals surface area contributed by atoms with Crippen molar-refractivity contribution in [3.05, 3.63) is 52.2 Å². The Labute approximate surface area is 181 Å². The standard InChI is InChI=1S/C22H27ClN2O3S/c1-28-18-11-9-16(10-12-18)21(22(27)24-17-6-3-2-4-7-17)25(20(26)14-23)15-19-8-5-13-29-19/h5,8-13,17,21H,2-4,6-7,14-15H2,1H3,(H,24,27)/t21-/m1/s1. The number of thiophene rings is 1. The zero-order chi connectivity index (χ0) is 20.6. The summed E-state index contributed by atoms with van der Waals surface area (Å²) in [6, 6.07) is 10.6. The summed E-state index contributed by atoms with van der Waals surface area (Å²) in [7, 11) is 1.60. The van der Waals surface area contributed by atoms with E-state index in [1.54, 1.807) is 23.3 Å². The fourth-order valence-corrected chi connectivity index (χ4v) is 4.61. The van der Waals surface area contributed by atoms with Crippen molar-refractivity contribution in [2.45, 2.75) is 50.7 Å². The highest BCUT2D eigenvalue weighted by molar-refractivity contribution is 7.09. The molecule has 7 heteroatoms. The first-order chi connectivity index (χ1) is 14.1. The highest BCUT2D eigenvalue weighted by Gasteiger charge is 2.32. The molecule has 0 aliphatic heterocycles. The lowest BCUT2D eigenvalue weighted by atomic mass is 9.94. The summed E-state index contributed by atoms with van der Waals surface area (Å²) in [5, 5.41) is 5.14. The second-order valence-electron chi connectivity index (χ2n) is 7.25. The minimum atomic E-state index is -0.740. The molecule has 5 nitrogen and oxygen atoms in total. The number of methoxy groups -OCH3 is 1.